The molecule has 1 unspecified atom stereocenters. The Morgan fingerprint density at radius 3 is 2.48 bits per heavy atom. The number of primary amides is 1. The molecular formula is C12H12F3N2O3S-. The van der Waals surface area contributed by atoms with Gasteiger partial charge in [-0.25, -0.2) is 17.9 Å². The van der Waals surface area contributed by atoms with Gasteiger partial charge in [0.2, 0.25) is 5.91 Å². The molecule has 21 heavy (non-hydrogen) atoms. The maximum absolute atomic E-state index is 13.9. The number of halogens is 3. The summed E-state index contributed by atoms with van der Waals surface area (Å²) in [5, 5.41) is 0. The molecule has 116 valence electrons. The lowest BCUT2D eigenvalue weighted by molar-refractivity contribution is -0.156. The quantitative estimate of drug-likeness (QED) is 0.788. The van der Waals surface area contributed by atoms with Crippen LogP contribution < -0.4 is 10.5 Å². The maximum atomic E-state index is 13.9. The van der Waals surface area contributed by atoms with E-state index in [-0.39, 0.29) is 17.7 Å². The zero-order chi connectivity index (χ0) is 15.8. The molecule has 0 aromatic heterocycles. The molecule has 0 heterocycles. The van der Waals surface area contributed by atoms with Gasteiger partial charge in [0.1, 0.15) is 5.82 Å². The summed E-state index contributed by atoms with van der Waals surface area (Å²) >= 11 is -2.54. The van der Waals surface area contributed by atoms with Gasteiger partial charge in [-0.1, -0.05) is 12.1 Å². The van der Waals surface area contributed by atoms with E-state index in [1.165, 1.54) is 12.1 Å². The number of hydrogen-bond donors (Lipinski definition) is 2. The van der Waals surface area contributed by atoms with Crippen LogP contribution in [-0.2, 0) is 28.0 Å². The normalized spacial score (nSPS) is 20.6. The Bertz CT molecular complexity index is 601. The van der Waals surface area contributed by atoms with E-state index in [9.17, 15) is 26.7 Å². The van der Waals surface area contributed by atoms with Crippen LogP contribution in [0.2, 0.25) is 0 Å². The minimum absolute atomic E-state index is 0.0358. The molecule has 1 atom stereocenters. The van der Waals surface area contributed by atoms with E-state index in [1.807, 2.05) is 4.72 Å². The molecule has 1 amide bonds. The molecule has 1 aromatic rings. The first kappa shape index (κ1) is 15.9. The fourth-order valence-electron chi connectivity index (χ4n) is 2.48. The van der Waals surface area contributed by atoms with E-state index in [0.717, 1.165) is 6.07 Å². The number of carbonyl (C=O) groups excluding carboxylic acids is 1. The second-order valence-corrected chi connectivity index (χ2v) is 5.78. The smallest absolute Gasteiger partial charge is 0.250 e. The summed E-state index contributed by atoms with van der Waals surface area (Å²) in [5.41, 5.74) is 3.72. The predicted octanol–water partition coefficient (Wildman–Crippen LogP) is 0.862. The number of rotatable bonds is 5. The molecule has 5 nitrogen and oxygen atoms in total. The van der Waals surface area contributed by atoms with Crippen LogP contribution in [0.15, 0.2) is 18.2 Å². The van der Waals surface area contributed by atoms with Crippen LogP contribution in [-0.4, -0.2) is 20.6 Å². The van der Waals surface area contributed by atoms with Crippen molar-refractivity contribution in [3.8, 4) is 0 Å². The second-order valence-electron chi connectivity index (χ2n) is 5.02. The fourth-order valence-corrected chi connectivity index (χ4v) is 2.75. The number of nitrogens with one attached hydrogen (secondary N) is 1. The Hall–Kier alpha value is -1.45. The highest BCUT2D eigenvalue weighted by molar-refractivity contribution is 7.77. The first-order valence-electron chi connectivity index (χ1n) is 5.96. The summed E-state index contributed by atoms with van der Waals surface area (Å²) in [5.74, 6) is -4.72. The van der Waals surface area contributed by atoms with E-state index in [2.05, 4.69) is 0 Å². The Morgan fingerprint density at radius 1 is 1.43 bits per heavy atom. The third kappa shape index (κ3) is 3.09. The molecule has 0 aliphatic heterocycles. The van der Waals surface area contributed by atoms with Gasteiger partial charge in [-0.3, -0.25) is 9.00 Å². The van der Waals surface area contributed by atoms with E-state index < -0.39 is 47.2 Å². The molecule has 1 fully saturated rings. The van der Waals surface area contributed by atoms with Crippen molar-refractivity contribution in [1.29, 1.82) is 0 Å². The van der Waals surface area contributed by atoms with Gasteiger partial charge in [0.05, 0.1) is 5.41 Å². The Morgan fingerprint density at radius 2 is 2.05 bits per heavy atom. The van der Waals surface area contributed by atoms with E-state index in [0.29, 0.717) is 0 Å². The van der Waals surface area contributed by atoms with E-state index in [1.54, 1.807) is 0 Å². The number of benzene rings is 1. The molecule has 3 N–H and O–H groups in total. The second kappa shape index (κ2) is 5.39. The third-order valence-electron chi connectivity index (χ3n) is 3.58. The summed E-state index contributed by atoms with van der Waals surface area (Å²) in [4.78, 5) is 11.5. The third-order valence-corrected chi connectivity index (χ3v) is 3.96. The molecule has 1 aliphatic rings. The number of carbonyl (C=O) groups is 1. The fraction of sp³-hybridized carbons (Fsp3) is 0.417. The molecule has 2 rings (SSSR count). The Kier molecular flexibility index (Phi) is 4.09. The number of amides is 1. The SMILES string of the molecule is NC(=O)C1(c2ccc(CNS(=O)[O-])c(F)c2)CC(F)(F)C1. The van der Waals surface area contributed by atoms with Crippen molar-refractivity contribution in [3.05, 3.63) is 35.1 Å². The average molecular weight is 321 g/mol. The van der Waals surface area contributed by atoms with Gasteiger partial charge in [0, 0.05) is 36.2 Å². The van der Waals surface area contributed by atoms with Crippen LogP contribution in [0.3, 0.4) is 0 Å². The van der Waals surface area contributed by atoms with Gasteiger partial charge in [-0.2, -0.15) is 0 Å². The van der Waals surface area contributed by atoms with Crippen LogP contribution in [0.4, 0.5) is 13.2 Å². The summed E-state index contributed by atoms with van der Waals surface area (Å²) in [6, 6.07) is 3.50. The first-order valence-corrected chi connectivity index (χ1v) is 7.03. The van der Waals surface area contributed by atoms with Gasteiger partial charge >= 0.3 is 0 Å². The van der Waals surface area contributed by atoms with Gasteiger partial charge < -0.3 is 10.3 Å². The molecule has 1 aliphatic carbocycles. The summed E-state index contributed by atoms with van der Waals surface area (Å²) < 4.78 is 62.7. The molecule has 0 bridgehead atoms. The van der Waals surface area contributed by atoms with Crippen molar-refractivity contribution < 1.29 is 26.7 Å². The lowest BCUT2D eigenvalue weighted by Gasteiger charge is -2.45. The Balaban J connectivity index is 2.27. The maximum Gasteiger partial charge on any atom is 0.250 e. The van der Waals surface area contributed by atoms with Crippen molar-refractivity contribution in [3.63, 3.8) is 0 Å². The summed E-state index contributed by atoms with van der Waals surface area (Å²) in [7, 11) is 0. The summed E-state index contributed by atoms with van der Waals surface area (Å²) in [6.45, 7) is -0.276. The van der Waals surface area contributed by atoms with Crippen molar-refractivity contribution in [2.45, 2.75) is 30.7 Å². The van der Waals surface area contributed by atoms with Crippen molar-refractivity contribution in [2.24, 2.45) is 5.73 Å². The van der Waals surface area contributed by atoms with Crippen LogP contribution in [0.25, 0.3) is 0 Å². The average Bonchev–Trinajstić information content (AvgIpc) is 2.33. The molecule has 1 saturated carbocycles. The highest BCUT2D eigenvalue weighted by Gasteiger charge is 2.61. The largest absolute Gasteiger partial charge is 0.760 e. The zero-order valence-corrected chi connectivity index (χ0v) is 11.5. The minimum atomic E-state index is -2.99. The van der Waals surface area contributed by atoms with Gasteiger partial charge in [-0.15, -0.1) is 0 Å². The number of nitrogens with two attached hydrogens (primary N) is 1. The summed E-state index contributed by atoms with van der Waals surface area (Å²) in [6.07, 6.45) is -1.51. The van der Waals surface area contributed by atoms with Gasteiger partial charge in [0.15, 0.2) is 0 Å². The lowest BCUT2D eigenvalue weighted by Crippen LogP contribution is -2.57. The monoisotopic (exact) mass is 321 g/mol. The molecule has 0 saturated heterocycles. The van der Waals surface area contributed by atoms with E-state index >= 15 is 0 Å². The number of hydrogen-bond acceptors (Lipinski definition) is 3. The minimum Gasteiger partial charge on any atom is -0.760 e. The highest BCUT2D eigenvalue weighted by Crippen LogP contribution is 2.53. The van der Waals surface area contributed by atoms with Crippen LogP contribution >= 0.6 is 0 Å². The Labute approximate surface area is 121 Å². The van der Waals surface area contributed by atoms with Crippen LogP contribution in [0, 0.1) is 5.82 Å². The van der Waals surface area contributed by atoms with Crippen LogP contribution in [0.1, 0.15) is 24.0 Å². The molecule has 0 radical (unpaired) electrons. The van der Waals surface area contributed by atoms with Crippen LogP contribution in [0.5, 0.6) is 0 Å². The van der Waals surface area contributed by atoms with Crippen molar-refractivity contribution in [2.75, 3.05) is 0 Å². The number of alkyl halides is 2. The molecule has 0 spiro atoms. The van der Waals surface area contributed by atoms with Gasteiger partial charge in [0.25, 0.3) is 5.92 Å². The molecular weight excluding hydrogens is 309 g/mol. The first-order chi connectivity index (χ1) is 9.66. The standard InChI is InChI=1S/C12H13F3N2O3S/c13-9-3-8(2-1-7(9)4-17-21(19)20)11(10(16)18)5-12(14,15)6-11/h1-3,17H,4-6H2,(H2,16,18)(H,19,20)/p-1. The van der Waals surface area contributed by atoms with Crippen molar-refractivity contribution in [1.82, 2.24) is 4.72 Å². The van der Waals surface area contributed by atoms with Gasteiger partial charge in [-0.05, 0) is 11.6 Å². The zero-order valence-electron chi connectivity index (χ0n) is 10.7. The lowest BCUT2D eigenvalue weighted by atomic mass is 9.61. The van der Waals surface area contributed by atoms with Crippen molar-refractivity contribution >= 4 is 17.2 Å². The predicted molar refractivity (Wildman–Crippen MR) is 67.2 cm³/mol. The topological polar surface area (TPSA) is 95.2 Å². The molecule has 1 aromatic carbocycles. The molecule has 9 heteroatoms. The van der Waals surface area contributed by atoms with E-state index in [4.69, 9.17) is 5.73 Å². The highest BCUT2D eigenvalue weighted by atomic mass is 32.2.